The van der Waals surface area contributed by atoms with Crippen LogP contribution >= 0.6 is 0 Å². The molecule has 3 rings (SSSR count). The number of fused-ring (bicyclic) bond motifs is 2. The normalized spacial score (nSPS) is 30.1. The second kappa shape index (κ2) is 5.94. The molecule has 2 atom stereocenters. The van der Waals surface area contributed by atoms with Crippen molar-refractivity contribution in [2.75, 3.05) is 13.2 Å². The molecule has 1 aromatic carbocycles. The van der Waals surface area contributed by atoms with Crippen LogP contribution in [0.5, 0.6) is 0 Å². The van der Waals surface area contributed by atoms with Crippen molar-refractivity contribution in [2.24, 2.45) is 5.92 Å². The van der Waals surface area contributed by atoms with E-state index in [1.54, 1.807) is 0 Å². The van der Waals surface area contributed by atoms with Gasteiger partial charge in [-0.3, -0.25) is 9.69 Å². The highest BCUT2D eigenvalue weighted by molar-refractivity contribution is 5.67. The van der Waals surface area contributed by atoms with Crippen LogP contribution < -0.4 is 0 Å². The van der Waals surface area contributed by atoms with Crippen LogP contribution in [0.2, 0.25) is 0 Å². The maximum absolute atomic E-state index is 10.9. The molecule has 0 aliphatic carbocycles. The van der Waals surface area contributed by atoms with Crippen molar-refractivity contribution in [1.29, 1.82) is 0 Å². The van der Waals surface area contributed by atoms with E-state index in [9.17, 15) is 4.79 Å². The monoisotopic (exact) mass is 275 g/mol. The van der Waals surface area contributed by atoms with E-state index in [-0.39, 0.29) is 0 Å². The molecule has 4 heteroatoms. The molecule has 2 heterocycles. The van der Waals surface area contributed by atoms with Crippen molar-refractivity contribution in [1.82, 2.24) is 4.90 Å². The Kier molecular flexibility index (Phi) is 4.03. The Hall–Kier alpha value is -1.39. The molecule has 1 N–H and O–H groups in total. The highest BCUT2D eigenvalue weighted by Crippen LogP contribution is 2.34. The SMILES string of the molecule is O=C(O)CC1CC2COCC(C1)N2Cc1ccccc1. The van der Waals surface area contributed by atoms with Gasteiger partial charge in [-0.2, -0.15) is 0 Å². The Morgan fingerprint density at radius 1 is 1.20 bits per heavy atom. The zero-order valence-corrected chi connectivity index (χ0v) is 11.6. The summed E-state index contributed by atoms with van der Waals surface area (Å²) in [5, 5.41) is 8.99. The van der Waals surface area contributed by atoms with Crippen LogP contribution in [0.25, 0.3) is 0 Å². The average Bonchev–Trinajstić information content (AvgIpc) is 2.40. The number of carboxylic acid groups (broad SMARTS) is 1. The smallest absolute Gasteiger partial charge is 0.303 e. The Labute approximate surface area is 119 Å². The quantitative estimate of drug-likeness (QED) is 0.914. The van der Waals surface area contributed by atoms with Crippen molar-refractivity contribution < 1.29 is 14.6 Å². The minimum absolute atomic E-state index is 0.298. The molecule has 2 bridgehead atoms. The lowest BCUT2D eigenvalue weighted by molar-refractivity contribution is -0.141. The first-order valence-corrected chi connectivity index (χ1v) is 7.31. The lowest BCUT2D eigenvalue weighted by atomic mass is 9.83. The molecular weight excluding hydrogens is 254 g/mol. The average molecular weight is 275 g/mol. The Balaban J connectivity index is 1.69. The fourth-order valence-corrected chi connectivity index (χ4v) is 3.57. The maximum atomic E-state index is 10.9. The Bertz CT molecular complexity index is 448. The molecule has 108 valence electrons. The maximum Gasteiger partial charge on any atom is 0.303 e. The lowest BCUT2D eigenvalue weighted by Crippen LogP contribution is -2.56. The van der Waals surface area contributed by atoms with Crippen molar-refractivity contribution in [3.8, 4) is 0 Å². The van der Waals surface area contributed by atoms with Gasteiger partial charge in [-0.1, -0.05) is 30.3 Å². The second-order valence-corrected chi connectivity index (χ2v) is 5.94. The first-order valence-electron chi connectivity index (χ1n) is 7.31. The number of nitrogens with zero attached hydrogens (tertiary/aromatic N) is 1. The van der Waals surface area contributed by atoms with E-state index in [1.165, 1.54) is 5.56 Å². The molecule has 0 spiro atoms. The van der Waals surface area contributed by atoms with Crippen LogP contribution in [0.15, 0.2) is 30.3 Å². The Morgan fingerprint density at radius 3 is 2.45 bits per heavy atom. The lowest BCUT2D eigenvalue weighted by Gasteiger charge is -2.48. The van der Waals surface area contributed by atoms with Gasteiger partial charge in [0.05, 0.1) is 13.2 Å². The molecule has 0 radical (unpaired) electrons. The van der Waals surface area contributed by atoms with Gasteiger partial charge in [0.15, 0.2) is 0 Å². The molecule has 2 fully saturated rings. The van der Waals surface area contributed by atoms with E-state index in [0.717, 1.165) is 32.6 Å². The first kappa shape index (κ1) is 13.6. The van der Waals surface area contributed by atoms with Crippen LogP contribution in [0.1, 0.15) is 24.8 Å². The molecule has 4 nitrogen and oxygen atoms in total. The fourth-order valence-electron chi connectivity index (χ4n) is 3.57. The summed E-state index contributed by atoms with van der Waals surface area (Å²) in [7, 11) is 0. The predicted octanol–water partition coefficient (Wildman–Crippen LogP) is 2.14. The van der Waals surface area contributed by atoms with E-state index in [1.807, 2.05) is 6.07 Å². The van der Waals surface area contributed by atoms with Crippen LogP contribution in [0.4, 0.5) is 0 Å². The fraction of sp³-hybridized carbons (Fsp3) is 0.562. The number of rotatable bonds is 4. The van der Waals surface area contributed by atoms with E-state index < -0.39 is 5.97 Å². The standard InChI is InChI=1S/C16H21NO3/c18-16(19)8-13-6-14-10-20-11-15(7-13)17(14)9-12-4-2-1-3-5-12/h1-5,13-15H,6-11H2,(H,18,19). The topological polar surface area (TPSA) is 49.8 Å². The van der Waals surface area contributed by atoms with Crippen molar-refractivity contribution >= 4 is 5.97 Å². The highest BCUT2D eigenvalue weighted by atomic mass is 16.5. The van der Waals surface area contributed by atoms with Crippen LogP contribution in [0.3, 0.4) is 0 Å². The minimum Gasteiger partial charge on any atom is -0.481 e. The number of ether oxygens (including phenoxy) is 1. The van der Waals surface area contributed by atoms with Gasteiger partial charge in [0.1, 0.15) is 0 Å². The van der Waals surface area contributed by atoms with Gasteiger partial charge in [-0.25, -0.2) is 0 Å². The summed E-state index contributed by atoms with van der Waals surface area (Å²) < 4.78 is 5.67. The summed E-state index contributed by atoms with van der Waals surface area (Å²) in [4.78, 5) is 13.4. The number of piperidine rings is 1. The number of benzene rings is 1. The molecule has 2 unspecified atom stereocenters. The van der Waals surface area contributed by atoms with Crippen LogP contribution in [-0.4, -0.2) is 41.3 Å². The molecule has 2 saturated heterocycles. The van der Waals surface area contributed by atoms with Crippen molar-refractivity contribution in [2.45, 2.75) is 37.9 Å². The van der Waals surface area contributed by atoms with Gasteiger partial charge in [0, 0.05) is 25.0 Å². The molecule has 2 aliphatic heterocycles. The van der Waals surface area contributed by atoms with Gasteiger partial charge in [0.2, 0.25) is 0 Å². The van der Waals surface area contributed by atoms with Crippen molar-refractivity contribution in [3.05, 3.63) is 35.9 Å². The van der Waals surface area contributed by atoms with Gasteiger partial charge in [0.25, 0.3) is 0 Å². The van der Waals surface area contributed by atoms with E-state index in [2.05, 4.69) is 29.2 Å². The third-order valence-electron chi connectivity index (χ3n) is 4.44. The number of hydrogen-bond donors (Lipinski definition) is 1. The van der Waals surface area contributed by atoms with E-state index in [4.69, 9.17) is 9.84 Å². The van der Waals surface area contributed by atoms with Crippen LogP contribution in [-0.2, 0) is 16.1 Å². The molecular formula is C16H21NO3. The Morgan fingerprint density at radius 2 is 1.85 bits per heavy atom. The summed E-state index contributed by atoms with van der Waals surface area (Å²) in [5.41, 5.74) is 1.32. The van der Waals surface area contributed by atoms with Gasteiger partial charge in [-0.05, 0) is 24.3 Å². The highest BCUT2D eigenvalue weighted by Gasteiger charge is 2.39. The van der Waals surface area contributed by atoms with Gasteiger partial charge >= 0.3 is 5.97 Å². The summed E-state index contributed by atoms with van der Waals surface area (Å²) in [6.07, 6.45) is 2.18. The largest absolute Gasteiger partial charge is 0.481 e. The molecule has 20 heavy (non-hydrogen) atoms. The predicted molar refractivity (Wildman–Crippen MR) is 75.4 cm³/mol. The molecule has 0 amide bonds. The zero-order chi connectivity index (χ0) is 13.9. The third kappa shape index (κ3) is 3.02. The number of morpholine rings is 1. The molecule has 0 aromatic heterocycles. The van der Waals surface area contributed by atoms with E-state index in [0.29, 0.717) is 24.4 Å². The number of hydrogen-bond acceptors (Lipinski definition) is 3. The minimum atomic E-state index is -0.675. The van der Waals surface area contributed by atoms with Crippen molar-refractivity contribution in [3.63, 3.8) is 0 Å². The zero-order valence-electron chi connectivity index (χ0n) is 11.6. The first-order chi connectivity index (χ1) is 9.72. The summed E-state index contributed by atoms with van der Waals surface area (Å²) >= 11 is 0. The number of carboxylic acids is 1. The van der Waals surface area contributed by atoms with Gasteiger partial charge in [-0.15, -0.1) is 0 Å². The third-order valence-corrected chi connectivity index (χ3v) is 4.44. The summed E-state index contributed by atoms with van der Waals surface area (Å²) in [6.45, 7) is 2.41. The molecule has 0 saturated carbocycles. The second-order valence-electron chi connectivity index (χ2n) is 5.94. The van der Waals surface area contributed by atoms with E-state index >= 15 is 0 Å². The van der Waals surface area contributed by atoms with Gasteiger partial charge < -0.3 is 9.84 Å². The molecule has 1 aromatic rings. The summed E-state index contributed by atoms with van der Waals surface area (Å²) in [6, 6.07) is 11.2. The number of aliphatic carboxylic acids is 1. The summed E-state index contributed by atoms with van der Waals surface area (Å²) in [5.74, 6) is -0.371. The molecule has 2 aliphatic rings. The number of carbonyl (C=O) groups is 1. The van der Waals surface area contributed by atoms with Crippen LogP contribution in [0, 0.1) is 5.92 Å².